The van der Waals surface area contributed by atoms with Gasteiger partial charge in [0.15, 0.2) is 5.11 Å². The molecule has 0 saturated heterocycles. The van der Waals surface area contributed by atoms with Crippen molar-refractivity contribution in [2.75, 3.05) is 5.32 Å². The molecule has 6 heteroatoms. The van der Waals surface area contributed by atoms with Crippen molar-refractivity contribution in [2.24, 2.45) is 0 Å². The smallest absolute Gasteiger partial charge is 0.251 e. The van der Waals surface area contributed by atoms with Crippen LogP contribution in [0.25, 0.3) is 0 Å². The predicted molar refractivity (Wildman–Crippen MR) is 122 cm³/mol. The first-order valence-electron chi connectivity index (χ1n) is 10.1. The largest absolute Gasteiger partial charge is 0.348 e. The summed E-state index contributed by atoms with van der Waals surface area (Å²) in [4.78, 5) is 24.4. The molecule has 154 valence electrons. The molecule has 2 aromatic rings. The molecule has 0 fully saturated rings. The number of unbranched alkanes of at least 4 members (excludes halogenated alkanes) is 4. The van der Waals surface area contributed by atoms with E-state index in [1.54, 1.807) is 24.3 Å². The molecule has 0 saturated carbocycles. The molecule has 0 spiro atoms. The molecule has 2 amide bonds. The van der Waals surface area contributed by atoms with Gasteiger partial charge in [0.25, 0.3) is 5.91 Å². The van der Waals surface area contributed by atoms with Gasteiger partial charge < -0.3 is 16.0 Å². The van der Waals surface area contributed by atoms with E-state index in [0.717, 1.165) is 24.8 Å². The highest BCUT2D eigenvalue weighted by molar-refractivity contribution is 7.80. The Morgan fingerprint density at radius 2 is 1.69 bits per heavy atom. The molecule has 29 heavy (non-hydrogen) atoms. The maximum Gasteiger partial charge on any atom is 0.251 e. The van der Waals surface area contributed by atoms with Gasteiger partial charge in [-0.15, -0.1) is 0 Å². The average molecular weight is 412 g/mol. The zero-order valence-electron chi connectivity index (χ0n) is 16.9. The second-order valence-corrected chi connectivity index (χ2v) is 7.32. The van der Waals surface area contributed by atoms with Crippen LogP contribution in [0.15, 0.2) is 54.6 Å². The third-order valence-corrected chi connectivity index (χ3v) is 4.64. The molecular formula is C23H29N3O2S. The minimum absolute atomic E-state index is 0.0873. The molecule has 0 bridgehead atoms. The Kier molecular flexibility index (Phi) is 9.86. The number of rotatable bonds is 10. The van der Waals surface area contributed by atoms with Crippen LogP contribution in [-0.2, 0) is 11.3 Å². The first-order valence-corrected chi connectivity index (χ1v) is 10.5. The topological polar surface area (TPSA) is 70.2 Å². The summed E-state index contributed by atoms with van der Waals surface area (Å²) in [5.41, 5.74) is 2.22. The fourth-order valence-electron chi connectivity index (χ4n) is 2.86. The molecule has 0 heterocycles. The lowest BCUT2D eigenvalue weighted by Gasteiger charge is -2.11. The van der Waals surface area contributed by atoms with Crippen LogP contribution in [0.5, 0.6) is 0 Å². The molecule has 2 aromatic carbocycles. The maximum absolute atomic E-state index is 12.4. The molecular weight excluding hydrogens is 382 g/mol. The van der Waals surface area contributed by atoms with E-state index < -0.39 is 0 Å². The second-order valence-electron chi connectivity index (χ2n) is 6.92. The summed E-state index contributed by atoms with van der Waals surface area (Å²) in [6.45, 7) is 2.63. The molecule has 2 rings (SSSR count). The van der Waals surface area contributed by atoms with E-state index in [2.05, 4.69) is 22.9 Å². The highest BCUT2D eigenvalue weighted by Crippen LogP contribution is 2.11. The number of hydrogen-bond acceptors (Lipinski definition) is 3. The molecule has 0 aliphatic rings. The minimum atomic E-state index is -0.167. The summed E-state index contributed by atoms with van der Waals surface area (Å²) in [6, 6.07) is 16.8. The van der Waals surface area contributed by atoms with E-state index in [0.29, 0.717) is 24.2 Å². The SMILES string of the molecule is CCCCCCCC(=O)NC(=S)Nc1cccc(C(=O)NCc2ccccc2)c1. The molecule has 5 nitrogen and oxygen atoms in total. The summed E-state index contributed by atoms with van der Waals surface area (Å²) in [6.07, 6.45) is 5.94. The van der Waals surface area contributed by atoms with Crippen LogP contribution in [0.3, 0.4) is 0 Å². The molecule has 0 unspecified atom stereocenters. The number of anilines is 1. The highest BCUT2D eigenvalue weighted by Gasteiger charge is 2.08. The standard InChI is InChI=1S/C23H29N3O2S/c1-2-3-4-5-9-15-21(27)26-23(29)25-20-14-10-13-19(16-20)22(28)24-17-18-11-7-6-8-12-18/h6-8,10-14,16H,2-5,9,15,17H2,1H3,(H,24,28)(H2,25,26,27,29). The molecule has 3 N–H and O–H groups in total. The number of carbonyl (C=O) groups excluding carboxylic acids is 2. The molecule has 0 aromatic heterocycles. The zero-order valence-corrected chi connectivity index (χ0v) is 17.7. The minimum Gasteiger partial charge on any atom is -0.348 e. The fraction of sp³-hybridized carbons (Fsp3) is 0.348. The highest BCUT2D eigenvalue weighted by atomic mass is 32.1. The van der Waals surface area contributed by atoms with Crippen molar-refractivity contribution in [3.63, 3.8) is 0 Å². The lowest BCUT2D eigenvalue weighted by molar-refractivity contribution is -0.119. The number of thiocarbonyl (C=S) groups is 1. The average Bonchev–Trinajstić information content (AvgIpc) is 2.72. The predicted octanol–water partition coefficient (Wildman–Crippen LogP) is 4.79. The van der Waals surface area contributed by atoms with E-state index in [1.807, 2.05) is 30.3 Å². The van der Waals surface area contributed by atoms with Crippen LogP contribution < -0.4 is 16.0 Å². The molecule has 0 radical (unpaired) electrons. The van der Waals surface area contributed by atoms with Crippen LogP contribution in [0.1, 0.15) is 61.4 Å². The van der Waals surface area contributed by atoms with E-state index in [-0.39, 0.29) is 16.9 Å². The Hall–Kier alpha value is -2.73. The van der Waals surface area contributed by atoms with Crippen LogP contribution in [0.2, 0.25) is 0 Å². The summed E-state index contributed by atoms with van der Waals surface area (Å²) in [5, 5.41) is 8.81. The Labute approximate surface area is 178 Å². The third kappa shape index (κ3) is 8.87. The van der Waals surface area contributed by atoms with Crippen molar-refractivity contribution in [3.8, 4) is 0 Å². The van der Waals surface area contributed by atoms with Crippen molar-refractivity contribution in [3.05, 3.63) is 65.7 Å². The van der Waals surface area contributed by atoms with Crippen molar-refractivity contribution in [1.29, 1.82) is 0 Å². The second kappa shape index (κ2) is 12.7. The number of hydrogen-bond donors (Lipinski definition) is 3. The van der Waals surface area contributed by atoms with E-state index in [1.165, 1.54) is 12.8 Å². The van der Waals surface area contributed by atoms with Crippen LogP contribution in [-0.4, -0.2) is 16.9 Å². The van der Waals surface area contributed by atoms with Gasteiger partial charge in [-0.25, -0.2) is 0 Å². The quantitative estimate of drug-likeness (QED) is 0.388. The molecule has 0 aliphatic carbocycles. The lowest BCUT2D eigenvalue weighted by atomic mass is 10.1. The summed E-state index contributed by atoms with van der Waals surface area (Å²) in [5.74, 6) is -0.254. The Bertz CT molecular complexity index is 809. The normalized spacial score (nSPS) is 10.2. The van der Waals surface area contributed by atoms with Gasteiger partial charge >= 0.3 is 0 Å². The summed E-state index contributed by atoms with van der Waals surface area (Å²) < 4.78 is 0. The fourth-order valence-corrected chi connectivity index (χ4v) is 3.09. The van der Waals surface area contributed by atoms with Crippen molar-refractivity contribution < 1.29 is 9.59 Å². The van der Waals surface area contributed by atoms with E-state index in [4.69, 9.17) is 12.2 Å². The van der Waals surface area contributed by atoms with Gasteiger partial charge in [0.05, 0.1) is 0 Å². The van der Waals surface area contributed by atoms with Gasteiger partial charge in [0, 0.05) is 24.2 Å². The zero-order chi connectivity index (χ0) is 20.9. The van der Waals surface area contributed by atoms with Gasteiger partial charge in [0.2, 0.25) is 5.91 Å². The molecule has 0 atom stereocenters. The van der Waals surface area contributed by atoms with Gasteiger partial charge in [-0.2, -0.15) is 0 Å². The van der Waals surface area contributed by atoms with Crippen LogP contribution >= 0.6 is 12.2 Å². The van der Waals surface area contributed by atoms with Gasteiger partial charge in [-0.05, 0) is 42.4 Å². The Balaban J connectivity index is 1.78. The number of benzene rings is 2. The first-order chi connectivity index (χ1) is 14.1. The maximum atomic E-state index is 12.4. The van der Waals surface area contributed by atoms with Gasteiger partial charge in [-0.3, -0.25) is 9.59 Å². The van der Waals surface area contributed by atoms with Crippen molar-refractivity contribution in [1.82, 2.24) is 10.6 Å². The first kappa shape index (κ1) is 22.6. The van der Waals surface area contributed by atoms with Crippen molar-refractivity contribution >= 4 is 34.8 Å². The number of amides is 2. The monoisotopic (exact) mass is 411 g/mol. The lowest BCUT2D eigenvalue weighted by Crippen LogP contribution is -2.34. The van der Waals surface area contributed by atoms with E-state index in [9.17, 15) is 9.59 Å². The van der Waals surface area contributed by atoms with Crippen molar-refractivity contribution in [2.45, 2.75) is 52.0 Å². The Morgan fingerprint density at radius 3 is 2.45 bits per heavy atom. The van der Waals surface area contributed by atoms with Crippen LogP contribution in [0, 0.1) is 0 Å². The third-order valence-electron chi connectivity index (χ3n) is 4.44. The number of nitrogens with one attached hydrogen (secondary N) is 3. The Morgan fingerprint density at radius 1 is 0.931 bits per heavy atom. The molecule has 0 aliphatic heterocycles. The van der Waals surface area contributed by atoms with Gasteiger partial charge in [0.1, 0.15) is 0 Å². The van der Waals surface area contributed by atoms with E-state index >= 15 is 0 Å². The van der Waals surface area contributed by atoms with Crippen LogP contribution in [0.4, 0.5) is 5.69 Å². The summed E-state index contributed by atoms with van der Waals surface area (Å²) >= 11 is 5.21. The number of carbonyl (C=O) groups is 2. The summed E-state index contributed by atoms with van der Waals surface area (Å²) in [7, 11) is 0. The van der Waals surface area contributed by atoms with Gasteiger partial charge in [-0.1, -0.05) is 69.0 Å².